The zero-order valence-corrected chi connectivity index (χ0v) is 25.0. The van der Waals surface area contributed by atoms with E-state index in [9.17, 15) is 15.0 Å². The van der Waals surface area contributed by atoms with Crippen molar-refractivity contribution in [1.29, 1.82) is 0 Å². The number of aliphatic hydroxyl groups is 1. The van der Waals surface area contributed by atoms with Gasteiger partial charge in [-0.2, -0.15) is 0 Å². The lowest BCUT2D eigenvalue weighted by Gasteiger charge is -2.39. The quantitative estimate of drug-likeness (QED) is 0.295. The zero-order valence-electron chi connectivity index (χ0n) is 25.0. The molecular weight excluding hydrogens is 568 g/mol. The lowest BCUT2D eigenvalue weighted by atomic mass is 9.90. The fourth-order valence-corrected chi connectivity index (χ4v) is 5.41. The average Bonchev–Trinajstić information content (AvgIpc) is 3.20. The van der Waals surface area contributed by atoms with Gasteiger partial charge in [0.25, 0.3) is 5.79 Å². The van der Waals surface area contributed by atoms with E-state index in [2.05, 4.69) is 0 Å². The van der Waals surface area contributed by atoms with Gasteiger partial charge >= 0.3 is 0 Å². The minimum atomic E-state index is -1.58. The third kappa shape index (κ3) is 5.07. The molecule has 3 aliphatic heterocycles. The molecule has 44 heavy (non-hydrogen) atoms. The molecule has 1 atom stereocenters. The Morgan fingerprint density at radius 2 is 1.66 bits per heavy atom. The first kappa shape index (κ1) is 29.0. The highest BCUT2D eigenvalue weighted by Gasteiger charge is 2.44. The number of hydrogen-bond acceptors (Lipinski definition) is 10. The lowest BCUT2D eigenvalue weighted by Crippen LogP contribution is -2.47. The molecule has 228 valence electrons. The van der Waals surface area contributed by atoms with Gasteiger partial charge in [-0.3, -0.25) is 4.79 Å². The first-order valence-electron chi connectivity index (χ1n) is 13.9. The molecule has 0 aliphatic carbocycles. The van der Waals surface area contributed by atoms with E-state index >= 15 is 0 Å². The summed E-state index contributed by atoms with van der Waals surface area (Å²) in [6.07, 6.45) is 4.44. The summed E-state index contributed by atoms with van der Waals surface area (Å²) >= 11 is 0. The predicted octanol–water partition coefficient (Wildman–Crippen LogP) is 5.41. The van der Waals surface area contributed by atoms with Gasteiger partial charge in [0.05, 0.1) is 21.3 Å². The summed E-state index contributed by atoms with van der Waals surface area (Å²) in [5.41, 5.74) is 4.03. The second-order valence-corrected chi connectivity index (χ2v) is 10.7. The van der Waals surface area contributed by atoms with Crippen molar-refractivity contribution in [3.63, 3.8) is 0 Å². The van der Waals surface area contributed by atoms with E-state index in [0.29, 0.717) is 75.6 Å². The van der Waals surface area contributed by atoms with Gasteiger partial charge in [-0.1, -0.05) is 6.08 Å². The molecule has 1 aromatic heterocycles. The highest BCUT2D eigenvalue weighted by Crippen LogP contribution is 2.49. The summed E-state index contributed by atoms with van der Waals surface area (Å²) in [4.78, 5) is 12.0. The minimum Gasteiger partial charge on any atom is -0.507 e. The third-order valence-corrected chi connectivity index (χ3v) is 7.71. The maximum Gasteiger partial charge on any atom is 0.270 e. The monoisotopic (exact) mass is 600 g/mol. The Labute approximate surface area is 253 Å². The first-order chi connectivity index (χ1) is 21.1. The Kier molecular flexibility index (Phi) is 7.38. The van der Waals surface area contributed by atoms with E-state index in [1.807, 2.05) is 31.2 Å². The number of fused-ring (bicyclic) bond motifs is 6. The molecule has 0 amide bonds. The Bertz CT molecular complexity index is 1900. The first-order valence-corrected chi connectivity index (χ1v) is 13.9. The zero-order chi connectivity index (χ0) is 31.2. The number of phenolic OH excluding ortho intramolecular Hbond substituents is 1. The summed E-state index contributed by atoms with van der Waals surface area (Å²) in [5, 5.41) is 21.5. The highest BCUT2D eigenvalue weighted by molar-refractivity contribution is 5.92. The normalized spacial score (nSPS) is 17.7. The maximum absolute atomic E-state index is 12.0. The number of methoxy groups -OCH3 is 3. The van der Waals surface area contributed by atoms with E-state index in [4.69, 9.17) is 32.8 Å². The van der Waals surface area contributed by atoms with Gasteiger partial charge in [0.2, 0.25) is 0 Å². The van der Waals surface area contributed by atoms with Crippen molar-refractivity contribution in [2.24, 2.45) is 0 Å². The second kappa shape index (κ2) is 11.2. The predicted molar refractivity (Wildman–Crippen MR) is 163 cm³/mol. The second-order valence-electron chi connectivity index (χ2n) is 10.7. The van der Waals surface area contributed by atoms with E-state index in [0.717, 1.165) is 11.1 Å². The number of ether oxygens (including phenoxy) is 6. The summed E-state index contributed by atoms with van der Waals surface area (Å²) < 4.78 is 38.6. The van der Waals surface area contributed by atoms with Crippen molar-refractivity contribution in [3.8, 4) is 40.2 Å². The SMILES string of the molecule is CC1=CCc2c(cc3oc(C)cc(=O)c3c2O)OC1.COc1ccc2c(c1)OC1(O)COc3cc(OC)c(OC)cc3C1=C2. The average molecular weight is 601 g/mol. The molecule has 0 saturated carbocycles. The number of allylic oxidation sites excluding steroid dienone is 1. The molecule has 10 heteroatoms. The largest absolute Gasteiger partial charge is 0.507 e. The smallest absolute Gasteiger partial charge is 0.270 e. The van der Waals surface area contributed by atoms with Crippen LogP contribution in [-0.4, -0.2) is 50.5 Å². The van der Waals surface area contributed by atoms with Gasteiger partial charge in [0, 0.05) is 46.5 Å². The topological polar surface area (TPSA) is 126 Å². The van der Waals surface area contributed by atoms with E-state index in [1.165, 1.54) is 6.07 Å². The minimum absolute atomic E-state index is 0.0298. The molecule has 10 nitrogen and oxygen atoms in total. The summed E-state index contributed by atoms with van der Waals surface area (Å²) in [5.74, 6) is 2.39. The van der Waals surface area contributed by atoms with Gasteiger partial charge in [-0.25, -0.2) is 0 Å². The molecule has 3 aromatic carbocycles. The van der Waals surface area contributed by atoms with Crippen molar-refractivity contribution in [2.45, 2.75) is 26.1 Å². The van der Waals surface area contributed by atoms with Gasteiger partial charge < -0.3 is 43.1 Å². The van der Waals surface area contributed by atoms with Crippen LogP contribution in [0, 0.1) is 6.92 Å². The Hall–Kier alpha value is -5.09. The maximum atomic E-state index is 12.0. The molecule has 4 heterocycles. The molecule has 2 N–H and O–H groups in total. The standard InChI is InChI=1S/C19H18O6.C15H14O4/c1-21-12-5-4-11-6-14-13-8-17(22-2)18(23-3)9-16(13)24-10-19(14,20)25-15(11)7-12;1-8-3-4-10-12(18-7-8)6-13-14(15(10)17)11(16)5-9(2)19-13/h4-9,20H,10H2,1-3H3;3,5-6,17H,4,7H2,1-2H3. The molecule has 7 rings (SSSR count). The van der Waals surface area contributed by atoms with Crippen molar-refractivity contribution in [1.82, 2.24) is 0 Å². The summed E-state index contributed by atoms with van der Waals surface area (Å²) in [6, 6.07) is 12.1. The Morgan fingerprint density at radius 1 is 0.886 bits per heavy atom. The van der Waals surface area contributed by atoms with Crippen molar-refractivity contribution >= 4 is 22.6 Å². The third-order valence-electron chi connectivity index (χ3n) is 7.71. The number of benzene rings is 3. The fourth-order valence-electron chi connectivity index (χ4n) is 5.41. The number of hydrogen-bond donors (Lipinski definition) is 2. The molecule has 0 saturated heterocycles. The highest BCUT2D eigenvalue weighted by atomic mass is 16.7. The fraction of sp³-hybridized carbons (Fsp3) is 0.265. The van der Waals surface area contributed by atoms with Crippen molar-refractivity contribution in [3.05, 3.63) is 86.8 Å². The van der Waals surface area contributed by atoms with Crippen LogP contribution in [0.3, 0.4) is 0 Å². The molecule has 0 radical (unpaired) electrons. The van der Waals surface area contributed by atoms with E-state index < -0.39 is 5.79 Å². The van der Waals surface area contributed by atoms with E-state index in [1.54, 1.807) is 52.5 Å². The van der Waals surface area contributed by atoms with Crippen LogP contribution in [0.25, 0.3) is 22.6 Å². The summed E-state index contributed by atoms with van der Waals surface area (Å²) in [7, 11) is 4.71. The summed E-state index contributed by atoms with van der Waals surface area (Å²) in [6.45, 7) is 4.12. The van der Waals surface area contributed by atoms with Gasteiger partial charge in [0.1, 0.15) is 52.1 Å². The van der Waals surface area contributed by atoms with Crippen LogP contribution in [0.15, 0.2) is 63.3 Å². The Morgan fingerprint density at radius 3 is 2.41 bits per heavy atom. The van der Waals surface area contributed by atoms with Gasteiger partial charge in [0.15, 0.2) is 23.5 Å². The molecular formula is C34H32O10. The number of rotatable bonds is 3. The lowest BCUT2D eigenvalue weighted by molar-refractivity contribution is -0.116. The number of phenols is 1. The van der Waals surface area contributed by atoms with Crippen LogP contribution in [0.2, 0.25) is 0 Å². The molecule has 0 spiro atoms. The molecule has 1 unspecified atom stereocenters. The van der Waals surface area contributed by atoms with Gasteiger partial charge in [-0.05, 0) is 50.1 Å². The van der Waals surface area contributed by atoms with Crippen LogP contribution >= 0.6 is 0 Å². The molecule has 4 aromatic rings. The molecule has 0 fully saturated rings. The Balaban J connectivity index is 0.000000162. The van der Waals surface area contributed by atoms with Gasteiger partial charge in [-0.15, -0.1) is 0 Å². The van der Waals surface area contributed by atoms with Crippen LogP contribution < -0.4 is 33.8 Å². The van der Waals surface area contributed by atoms with Crippen molar-refractivity contribution < 1.29 is 43.1 Å². The molecule has 3 aliphatic rings. The molecule has 0 bridgehead atoms. The van der Waals surface area contributed by atoms with Crippen LogP contribution in [0.1, 0.15) is 29.4 Å². The van der Waals surface area contributed by atoms with Crippen LogP contribution in [0.5, 0.6) is 40.2 Å². The van der Waals surface area contributed by atoms with E-state index in [-0.39, 0.29) is 23.2 Å². The number of aromatic hydroxyl groups is 1. The van der Waals surface area contributed by atoms with Crippen LogP contribution in [-0.2, 0) is 6.42 Å². The number of aryl methyl sites for hydroxylation is 1. The van der Waals surface area contributed by atoms with Crippen LogP contribution in [0.4, 0.5) is 0 Å². The van der Waals surface area contributed by atoms with Crippen molar-refractivity contribution in [2.75, 3.05) is 34.5 Å².